The van der Waals surface area contributed by atoms with Gasteiger partial charge in [-0.2, -0.15) is 8.68 Å². The van der Waals surface area contributed by atoms with Crippen LogP contribution in [0.3, 0.4) is 0 Å². The summed E-state index contributed by atoms with van der Waals surface area (Å²) in [5, 5.41) is 16.4. The lowest BCUT2D eigenvalue weighted by molar-refractivity contribution is 0.732. The molecular weight excluding hydrogens is 844 g/mol. The molecule has 0 bridgehead atoms. The maximum atomic E-state index is 4.13. The largest absolute Gasteiger partial charge is 0.329 e. The van der Waals surface area contributed by atoms with Crippen LogP contribution in [0.25, 0.3) is 11.1 Å². The van der Waals surface area contributed by atoms with Crippen LogP contribution in [0.2, 0.25) is 0 Å². The van der Waals surface area contributed by atoms with Crippen LogP contribution in [0.15, 0.2) is 220 Å². The summed E-state index contributed by atoms with van der Waals surface area (Å²) in [5.41, 5.74) is 6.28. The van der Waals surface area contributed by atoms with Gasteiger partial charge in [0.25, 0.3) is 8.37 Å². The molecule has 0 saturated carbocycles. The highest BCUT2D eigenvalue weighted by molar-refractivity contribution is 7.56. The van der Waals surface area contributed by atoms with Crippen molar-refractivity contribution in [3.05, 3.63) is 238 Å². The second kappa shape index (κ2) is 18.3. The van der Waals surface area contributed by atoms with Gasteiger partial charge in [-0.3, -0.25) is 18.1 Å². The first-order valence-electron chi connectivity index (χ1n) is 20.2. The molecule has 16 heteroatoms. The first kappa shape index (κ1) is 39.7. The number of hydrogen-bond donors (Lipinski definition) is 4. The van der Waals surface area contributed by atoms with E-state index in [2.05, 4.69) is 282 Å². The van der Waals surface area contributed by atoms with Crippen molar-refractivity contribution in [2.75, 3.05) is 15.3 Å². The molecule has 0 fully saturated rings. The van der Waals surface area contributed by atoms with E-state index in [0.29, 0.717) is 0 Å². The van der Waals surface area contributed by atoms with E-state index in [-0.39, 0.29) is 6.04 Å². The molecule has 10 rings (SSSR count). The molecule has 0 amide bonds. The topological polar surface area (TPSA) is 87.6 Å². The first-order chi connectivity index (χ1) is 30.7. The molecule has 308 valence electrons. The maximum Gasteiger partial charge on any atom is 0.287 e. The summed E-state index contributed by atoms with van der Waals surface area (Å²) in [6.45, 7) is 2.28. The molecule has 0 aliphatic carbocycles. The fourth-order valence-corrected chi connectivity index (χ4v) is 14.4. The number of benzene rings is 2. The number of anilines is 3. The van der Waals surface area contributed by atoms with Crippen molar-refractivity contribution in [2.45, 2.75) is 13.0 Å². The summed E-state index contributed by atoms with van der Waals surface area (Å²) < 4.78 is 17.9. The van der Waals surface area contributed by atoms with E-state index < -0.39 is 33.5 Å². The molecule has 4 N–H and O–H groups in total. The Morgan fingerprint density at radius 3 is 1.37 bits per heavy atom. The molecule has 0 aliphatic heterocycles. The SMILES string of the molecule is C[C@H](NP(n1cccc1)n1cccc1)c1cccc(NP(n2cccc2)n2cccc2)c1-c1c(NP(n2c#ccc2)n2cccc2)cccc1N[PH+](n1cccc1)n1cccc1. The zero-order valence-electron chi connectivity index (χ0n) is 33.8. The standard InChI is InChI=1S/C46H44N12P4/c1-40(47-59(51-24-2-3-25-51)52-26-4-5-27-52)41-20-18-21-42(48-60(53-28-6-7-29-53)54-30-8-9-31-54)45(41)46-43(49-61(55-32-10-11-33-55)56-34-12-13-35-56)22-19-23-44(46)50-62(57-36-14-15-37-57)58-38-16-17-39-58/h2-16,18-38,40,47-50H,1H3/p+1/t40-,62?/m0/s1. The van der Waals surface area contributed by atoms with Gasteiger partial charge in [0.1, 0.15) is 0 Å². The van der Waals surface area contributed by atoms with Crippen molar-refractivity contribution in [3.8, 4) is 11.1 Å². The van der Waals surface area contributed by atoms with Gasteiger partial charge in [0.05, 0.1) is 11.4 Å². The Balaban J connectivity index is 1.19. The van der Waals surface area contributed by atoms with Crippen molar-refractivity contribution in [1.82, 2.24) is 39.8 Å². The molecule has 1 unspecified atom stereocenters. The highest BCUT2D eigenvalue weighted by Gasteiger charge is 2.30. The number of nitrogens with zero attached hydrogens (tertiary/aromatic N) is 8. The normalized spacial score (nSPS) is 12.1. The predicted molar refractivity (Wildman–Crippen MR) is 260 cm³/mol. The van der Waals surface area contributed by atoms with Gasteiger partial charge < -0.3 is 18.8 Å². The molecule has 0 radical (unpaired) electrons. The zero-order chi connectivity index (χ0) is 41.7. The molecule has 8 aromatic heterocycles. The molecule has 2 atom stereocenters. The molecular formula is C46H45N12P4+. The Hall–Kier alpha value is -6.42. The molecule has 12 nitrogen and oxygen atoms in total. The second-order valence-corrected chi connectivity index (χ2v) is 21.4. The molecule has 62 heavy (non-hydrogen) atoms. The fraction of sp³-hybridized carbons (Fsp3) is 0.0435. The summed E-state index contributed by atoms with van der Waals surface area (Å²) in [5.74, 6) is 0. The van der Waals surface area contributed by atoms with Gasteiger partial charge in [-0.25, -0.2) is 9.42 Å². The third kappa shape index (κ3) is 8.30. The second-order valence-electron chi connectivity index (χ2n) is 14.3. The predicted octanol–water partition coefficient (Wildman–Crippen LogP) is 12.3. The van der Waals surface area contributed by atoms with Crippen molar-refractivity contribution in [1.29, 1.82) is 0 Å². The van der Waals surface area contributed by atoms with Gasteiger partial charge in [-0.15, -0.1) is 0 Å². The van der Waals surface area contributed by atoms with Gasteiger partial charge in [0.2, 0.25) is 16.7 Å². The summed E-state index contributed by atoms with van der Waals surface area (Å²) in [4.78, 5) is 0. The van der Waals surface area contributed by atoms with Gasteiger partial charge in [-0.05, 0) is 122 Å². The summed E-state index contributed by atoms with van der Waals surface area (Å²) in [7, 11) is -5.03. The summed E-state index contributed by atoms with van der Waals surface area (Å²) >= 11 is 0. The summed E-state index contributed by atoms with van der Waals surface area (Å²) in [6.07, 6.45) is 35.2. The van der Waals surface area contributed by atoms with Crippen LogP contribution in [-0.2, 0) is 0 Å². The van der Waals surface area contributed by atoms with Gasteiger partial charge in [0.15, 0.2) is 8.37 Å². The third-order valence-electron chi connectivity index (χ3n) is 10.3. The van der Waals surface area contributed by atoms with Crippen LogP contribution < -0.4 is 20.3 Å². The van der Waals surface area contributed by atoms with E-state index in [1.165, 1.54) is 0 Å². The van der Waals surface area contributed by atoms with Crippen LogP contribution in [-0.4, -0.2) is 34.7 Å². The molecule has 0 saturated heterocycles. The van der Waals surface area contributed by atoms with E-state index in [1.54, 1.807) is 0 Å². The van der Waals surface area contributed by atoms with Crippen LogP contribution >= 0.6 is 33.5 Å². The Morgan fingerprint density at radius 1 is 0.452 bits per heavy atom. The highest BCUT2D eigenvalue weighted by Crippen LogP contribution is 2.53. The Labute approximate surface area is 366 Å². The van der Waals surface area contributed by atoms with Crippen LogP contribution in [0.4, 0.5) is 17.1 Å². The number of aromatic nitrogens is 8. The maximum absolute atomic E-state index is 4.13. The summed E-state index contributed by atoms with van der Waals surface area (Å²) in [6, 6.07) is 47.4. The Bertz CT molecular complexity index is 2600. The van der Waals surface area contributed by atoms with Crippen molar-refractivity contribution >= 4 is 50.6 Å². The molecule has 0 aliphatic rings. The minimum atomic E-state index is -1.65. The van der Waals surface area contributed by atoms with Crippen LogP contribution in [0, 0.1) is 12.3 Å². The molecule has 2 aromatic carbocycles. The van der Waals surface area contributed by atoms with Gasteiger partial charge >= 0.3 is 0 Å². The van der Waals surface area contributed by atoms with E-state index >= 15 is 0 Å². The Kier molecular flexibility index (Phi) is 11.7. The van der Waals surface area contributed by atoms with Gasteiger partial charge in [0, 0.05) is 128 Å². The average Bonchev–Trinajstić information content (AvgIpc) is 4.17. The minimum absolute atomic E-state index is 0.107. The lowest BCUT2D eigenvalue weighted by Crippen LogP contribution is -2.20. The monoisotopic (exact) mass is 889 g/mol. The lowest BCUT2D eigenvalue weighted by atomic mass is 9.92. The van der Waals surface area contributed by atoms with Crippen LogP contribution in [0.5, 0.6) is 0 Å². The van der Waals surface area contributed by atoms with E-state index in [9.17, 15) is 0 Å². The highest BCUT2D eigenvalue weighted by atomic mass is 31.2. The van der Waals surface area contributed by atoms with Crippen molar-refractivity contribution < 1.29 is 0 Å². The first-order valence-corrected chi connectivity index (χ1v) is 25.3. The van der Waals surface area contributed by atoms with Crippen LogP contribution in [0.1, 0.15) is 18.5 Å². The van der Waals surface area contributed by atoms with E-state index in [1.807, 2.05) is 12.3 Å². The minimum Gasteiger partial charge on any atom is -0.329 e. The van der Waals surface area contributed by atoms with Gasteiger partial charge in [-0.1, -0.05) is 18.2 Å². The number of hydrogen-bond acceptors (Lipinski definition) is 4. The number of rotatable bonds is 18. The number of nitrogens with one attached hydrogen (secondary N) is 4. The zero-order valence-corrected chi connectivity index (χ0v) is 37.5. The fourth-order valence-electron chi connectivity index (χ4n) is 7.44. The quantitative estimate of drug-likeness (QED) is 0.0647. The smallest absolute Gasteiger partial charge is 0.287 e. The molecule has 10 aromatic rings. The van der Waals surface area contributed by atoms with E-state index in [0.717, 1.165) is 33.8 Å². The van der Waals surface area contributed by atoms with E-state index in [4.69, 9.17) is 0 Å². The average molecular weight is 890 g/mol. The Morgan fingerprint density at radius 2 is 0.871 bits per heavy atom. The molecule has 0 spiro atoms. The third-order valence-corrected chi connectivity index (χ3v) is 18.0. The lowest BCUT2D eigenvalue weighted by Gasteiger charge is -2.31. The molecule has 8 heterocycles. The van der Waals surface area contributed by atoms with Crippen molar-refractivity contribution in [2.24, 2.45) is 0 Å². The van der Waals surface area contributed by atoms with Crippen molar-refractivity contribution in [3.63, 3.8) is 0 Å².